The minimum Gasteiger partial charge on any atom is -0.475 e. The molecule has 3 aliphatic rings. The summed E-state index contributed by atoms with van der Waals surface area (Å²) in [5.41, 5.74) is 1.37. The molecular weight excluding hydrogens is 824 g/mol. The van der Waals surface area contributed by atoms with E-state index in [9.17, 15) is 27.6 Å². The van der Waals surface area contributed by atoms with Gasteiger partial charge in [-0.1, -0.05) is 17.7 Å². The van der Waals surface area contributed by atoms with Crippen LogP contribution in [0.1, 0.15) is 61.4 Å². The number of anilines is 3. The zero-order valence-corrected chi connectivity index (χ0v) is 34.3. The molecule has 2 amide bonds. The van der Waals surface area contributed by atoms with Crippen LogP contribution in [-0.2, 0) is 20.5 Å². The highest BCUT2D eigenvalue weighted by Gasteiger charge is 2.33. The summed E-state index contributed by atoms with van der Waals surface area (Å²) in [4.78, 5) is 50.6. The number of fused-ring (bicyclic) bond motifs is 1. The SMILES string of the molecule is CO[C@@H](C)c1c(NC(=O)Nc2cc(C(F)(F)F)cnc2OCCN2CCC(CN3CCN(c4ccc(C5CCC(=C=O)NC5=C=O)cc4F)CC3)CC2)cnc2cc(Cl)nn12. The number of amides is 2. The fourth-order valence-electron chi connectivity index (χ4n) is 8.06. The van der Waals surface area contributed by atoms with E-state index in [4.69, 9.17) is 21.1 Å². The molecule has 0 radical (unpaired) electrons. The van der Waals surface area contributed by atoms with Crippen molar-refractivity contribution in [3.05, 3.63) is 81.9 Å². The van der Waals surface area contributed by atoms with E-state index < -0.39 is 23.9 Å². The maximum absolute atomic E-state index is 15.4. The monoisotopic (exact) mass is 868 g/mol. The van der Waals surface area contributed by atoms with Gasteiger partial charge in [0.2, 0.25) is 5.88 Å². The zero-order valence-electron chi connectivity index (χ0n) is 33.5. The molecule has 3 aliphatic heterocycles. The summed E-state index contributed by atoms with van der Waals surface area (Å²) in [5.74, 6) is 3.23. The smallest absolute Gasteiger partial charge is 0.417 e. The first-order valence-corrected chi connectivity index (χ1v) is 20.3. The first-order valence-electron chi connectivity index (χ1n) is 19.9. The van der Waals surface area contributed by atoms with Gasteiger partial charge in [-0.05, 0) is 75.4 Å². The predicted octanol–water partition coefficient (Wildman–Crippen LogP) is 6.10. The lowest BCUT2D eigenvalue weighted by molar-refractivity contribution is -0.137. The van der Waals surface area contributed by atoms with Crippen molar-refractivity contribution in [2.24, 2.45) is 5.92 Å². The van der Waals surface area contributed by atoms with Gasteiger partial charge in [-0.25, -0.2) is 33.3 Å². The molecule has 0 saturated carbocycles. The minimum atomic E-state index is -4.71. The van der Waals surface area contributed by atoms with Gasteiger partial charge in [0.15, 0.2) is 10.8 Å². The number of allylic oxidation sites excluding steroid dienone is 2. The molecule has 0 aliphatic carbocycles. The van der Waals surface area contributed by atoms with Crippen molar-refractivity contribution < 1.29 is 41.4 Å². The van der Waals surface area contributed by atoms with Crippen molar-refractivity contribution >= 4 is 52.2 Å². The topological polar surface area (TPSA) is 159 Å². The highest BCUT2D eigenvalue weighted by atomic mass is 35.5. The van der Waals surface area contributed by atoms with Crippen molar-refractivity contribution in [1.82, 2.24) is 34.7 Å². The van der Waals surface area contributed by atoms with Crippen molar-refractivity contribution in [2.45, 2.75) is 50.8 Å². The van der Waals surface area contributed by atoms with Gasteiger partial charge in [0.05, 0.1) is 34.9 Å². The van der Waals surface area contributed by atoms with E-state index in [1.165, 1.54) is 30.0 Å². The van der Waals surface area contributed by atoms with Crippen molar-refractivity contribution in [2.75, 3.05) is 81.6 Å². The van der Waals surface area contributed by atoms with Gasteiger partial charge in [-0.15, -0.1) is 0 Å². The van der Waals surface area contributed by atoms with Crippen LogP contribution in [0, 0.1) is 11.7 Å². The summed E-state index contributed by atoms with van der Waals surface area (Å²) >= 11 is 6.07. The second-order valence-corrected chi connectivity index (χ2v) is 15.7. The van der Waals surface area contributed by atoms with Crippen LogP contribution in [0.5, 0.6) is 5.88 Å². The fraction of sp³-hybridized carbons (Fsp3) is 0.463. The maximum Gasteiger partial charge on any atom is 0.417 e. The Balaban J connectivity index is 0.880. The van der Waals surface area contributed by atoms with E-state index in [0.29, 0.717) is 72.9 Å². The highest BCUT2D eigenvalue weighted by molar-refractivity contribution is 6.29. The van der Waals surface area contributed by atoms with Crippen molar-refractivity contribution in [3.63, 3.8) is 0 Å². The molecular formula is C41H45ClF4N10O5. The Kier molecular flexibility index (Phi) is 13.6. The van der Waals surface area contributed by atoms with E-state index in [1.807, 2.05) is 16.9 Å². The molecule has 3 fully saturated rings. The molecule has 3 N–H and O–H groups in total. The Morgan fingerprint density at radius 3 is 2.43 bits per heavy atom. The Labute approximate surface area is 353 Å². The van der Waals surface area contributed by atoms with Gasteiger partial charge in [-0.2, -0.15) is 18.3 Å². The molecule has 7 rings (SSSR count). The fourth-order valence-corrected chi connectivity index (χ4v) is 8.23. The maximum atomic E-state index is 15.4. The van der Waals surface area contributed by atoms with Crippen LogP contribution < -0.4 is 25.6 Å². The number of hydrogen-bond donors (Lipinski definition) is 3. The summed E-state index contributed by atoms with van der Waals surface area (Å²) < 4.78 is 69.2. The van der Waals surface area contributed by atoms with Crippen LogP contribution in [0.3, 0.4) is 0 Å². The number of carbonyl (C=O) groups excluding carboxylic acids is 3. The van der Waals surface area contributed by atoms with Crippen LogP contribution in [-0.4, -0.2) is 113 Å². The second-order valence-electron chi connectivity index (χ2n) is 15.3. The van der Waals surface area contributed by atoms with Crippen LogP contribution >= 0.6 is 11.6 Å². The lowest BCUT2D eigenvalue weighted by Crippen LogP contribution is -2.49. The number of carbonyl (C=O) groups is 1. The lowest BCUT2D eigenvalue weighted by Gasteiger charge is -2.39. The standard InChI is InChI=1S/C41H45ClF4N10O5/c1-25(60-2)38-33(21-47-37-19-36(42)52-56(37)38)51-40(59)50-32-18-28(41(44,45)46)20-48-39(32)61-16-15-53-9-7-26(8-10-53)22-54-11-13-55(14-12-54)35-6-3-27(17-31(35)43)30-5-4-29(23-57)49-34(30)24-58/h3,6,17-21,25-26,30,49H,4-5,7-16,22H2,1-2H3,(H2,50,51,59)/t25-,30?/m0/s1. The highest BCUT2D eigenvalue weighted by Crippen LogP contribution is 2.36. The molecule has 61 heavy (non-hydrogen) atoms. The van der Waals surface area contributed by atoms with Gasteiger partial charge in [0, 0.05) is 64.6 Å². The Hall–Kier alpha value is -5.55. The van der Waals surface area contributed by atoms with E-state index >= 15 is 4.39 Å². The average Bonchev–Trinajstić information content (AvgIpc) is 3.64. The Morgan fingerprint density at radius 1 is 0.984 bits per heavy atom. The van der Waals surface area contributed by atoms with Crippen molar-refractivity contribution in [1.29, 1.82) is 0 Å². The molecule has 0 spiro atoms. The number of rotatable bonds is 12. The molecule has 3 aromatic heterocycles. The van der Waals surface area contributed by atoms with E-state index in [-0.39, 0.29) is 46.4 Å². The summed E-state index contributed by atoms with van der Waals surface area (Å²) in [7, 11) is 1.47. The van der Waals surface area contributed by atoms with Gasteiger partial charge in [0.1, 0.15) is 41.4 Å². The molecule has 20 heteroatoms. The number of piperidine rings is 2. The van der Waals surface area contributed by atoms with Crippen LogP contribution in [0.4, 0.5) is 39.4 Å². The number of benzene rings is 1. The first kappa shape index (κ1) is 43.5. The predicted molar refractivity (Wildman–Crippen MR) is 219 cm³/mol. The largest absolute Gasteiger partial charge is 0.475 e. The Morgan fingerprint density at radius 2 is 1.74 bits per heavy atom. The molecule has 324 valence electrons. The summed E-state index contributed by atoms with van der Waals surface area (Å²) in [6.45, 7) is 7.80. The summed E-state index contributed by atoms with van der Waals surface area (Å²) in [6, 6.07) is 6.50. The lowest BCUT2D eigenvalue weighted by atomic mass is 9.87. The number of pyridine rings is 1. The van der Waals surface area contributed by atoms with E-state index in [2.05, 4.69) is 40.8 Å². The Bertz CT molecular complexity index is 2340. The zero-order chi connectivity index (χ0) is 43.3. The molecule has 0 bridgehead atoms. The summed E-state index contributed by atoms with van der Waals surface area (Å²) in [5, 5.41) is 12.2. The first-order chi connectivity index (χ1) is 29.3. The molecule has 15 nitrogen and oxygen atoms in total. The third-order valence-electron chi connectivity index (χ3n) is 11.4. The number of likely N-dealkylation sites (tertiary alicyclic amines) is 1. The van der Waals surface area contributed by atoms with E-state index in [0.717, 1.165) is 51.6 Å². The number of alkyl halides is 3. The molecule has 1 unspecified atom stereocenters. The van der Waals surface area contributed by atoms with E-state index in [1.54, 1.807) is 18.9 Å². The van der Waals surface area contributed by atoms with Gasteiger partial charge < -0.3 is 30.3 Å². The molecule has 1 aromatic carbocycles. The quantitative estimate of drug-likeness (QED) is 0.111. The van der Waals surface area contributed by atoms with Gasteiger partial charge in [0.25, 0.3) is 0 Å². The molecule has 4 aromatic rings. The third kappa shape index (κ3) is 10.3. The number of ether oxygens (including phenoxy) is 2. The van der Waals surface area contributed by atoms with Gasteiger partial charge in [-0.3, -0.25) is 9.80 Å². The molecule has 2 atom stereocenters. The van der Waals surface area contributed by atoms with Crippen LogP contribution in [0.15, 0.2) is 54.1 Å². The number of halogens is 5. The third-order valence-corrected chi connectivity index (χ3v) is 11.6. The van der Waals surface area contributed by atoms with Crippen LogP contribution in [0.25, 0.3) is 5.65 Å². The number of urea groups is 1. The number of aromatic nitrogens is 4. The second kappa shape index (κ2) is 19.0. The number of methoxy groups -OCH3 is 1. The van der Waals surface area contributed by atoms with Crippen molar-refractivity contribution in [3.8, 4) is 5.88 Å². The normalized spacial score (nSPS) is 18.7. The van der Waals surface area contributed by atoms with Gasteiger partial charge >= 0.3 is 12.2 Å². The number of piperazine rings is 1. The average molecular weight is 869 g/mol. The molecule has 6 heterocycles. The molecule has 3 saturated heterocycles. The van der Waals surface area contributed by atoms with Crippen LogP contribution in [0.2, 0.25) is 5.15 Å². The number of nitrogens with one attached hydrogen (secondary N) is 3. The minimum absolute atomic E-state index is 0.125. The number of nitrogens with zero attached hydrogens (tertiary/aromatic N) is 7. The summed E-state index contributed by atoms with van der Waals surface area (Å²) in [6.07, 6.45) is -0.429. The number of hydrogen-bond acceptors (Lipinski definition) is 12.